The summed E-state index contributed by atoms with van der Waals surface area (Å²) in [6, 6.07) is 16.1. The van der Waals surface area contributed by atoms with E-state index in [9.17, 15) is 27.6 Å². The maximum atomic E-state index is 13.4. The Balaban J connectivity index is 0.000000541. The lowest BCUT2D eigenvalue weighted by atomic mass is 9.82. The third-order valence-corrected chi connectivity index (χ3v) is 7.93. The van der Waals surface area contributed by atoms with Crippen LogP contribution in [0.25, 0.3) is 10.9 Å². The van der Waals surface area contributed by atoms with Crippen molar-refractivity contribution in [2.24, 2.45) is 11.7 Å². The average Bonchev–Trinajstić information content (AvgIpc) is 3.44. The van der Waals surface area contributed by atoms with Gasteiger partial charge in [-0.3, -0.25) is 19.5 Å². The third-order valence-electron chi connectivity index (χ3n) is 7.93. The van der Waals surface area contributed by atoms with E-state index in [1.54, 1.807) is 12.1 Å². The number of nitrogens with zero attached hydrogens (tertiary/aromatic N) is 2. The van der Waals surface area contributed by atoms with E-state index in [2.05, 4.69) is 15.5 Å². The number of piperazine rings is 1. The van der Waals surface area contributed by atoms with Crippen LogP contribution in [0.4, 0.5) is 13.2 Å². The minimum atomic E-state index is -5.19. The average molecular weight is 603 g/mol. The van der Waals surface area contributed by atoms with Gasteiger partial charge in [0.15, 0.2) is 5.69 Å². The lowest BCUT2D eigenvalue weighted by Crippen LogP contribution is -3.19. The molecule has 1 aliphatic heterocycles. The van der Waals surface area contributed by atoms with Crippen molar-refractivity contribution in [2.45, 2.75) is 43.9 Å². The standard InChI is InChI=1S/C27H32N6O3.C2HF3O2/c28-25(34)23(18-8-2-1-3-9-18)29-26(35)20-11-5-7-13-22(20)32-14-16-33(17-15-32)27(36)24-19-10-4-6-12-21(19)30-31-24;3-2(4,5)1(6)7/h1-4,6,8-10,12,20,22-23H,5,7,11,13-17H2,(H2,28,34)(H,29,35)(H,30,31);(H,6,7)/t20-,22-,23+;/m1./s1. The summed E-state index contributed by atoms with van der Waals surface area (Å²) >= 11 is 0. The van der Waals surface area contributed by atoms with Crippen molar-refractivity contribution in [3.05, 3.63) is 65.9 Å². The van der Waals surface area contributed by atoms with Crippen LogP contribution in [0.15, 0.2) is 54.6 Å². The van der Waals surface area contributed by atoms with Crippen LogP contribution in [0.2, 0.25) is 0 Å². The molecule has 11 nitrogen and oxygen atoms in total. The van der Waals surface area contributed by atoms with Gasteiger partial charge in [0.05, 0.1) is 43.7 Å². The third kappa shape index (κ3) is 7.69. The van der Waals surface area contributed by atoms with Gasteiger partial charge in [-0.05, 0) is 24.5 Å². The molecule has 2 aromatic carbocycles. The van der Waals surface area contributed by atoms with Crippen molar-refractivity contribution in [1.82, 2.24) is 20.4 Å². The van der Waals surface area contributed by atoms with Crippen LogP contribution in [0.3, 0.4) is 0 Å². The molecule has 3 aromatic rings. The van der Waals surface area contributed by atoms with Crippen LogP contribution >= 0.6 is 0 Å². The van der Waals surface area contributed by atoms with E-state index < -0.39 is 24.1 Å². The number of hydrogen-bond acceptors (Lipinski definition) is 6. The molecule has 0 radical (unpaired) electrons. The Morgan fingerprint density at radius 1 is 1.00 bits per heavy atom. The molecular weight excluding hydrogens is 569 g/mol. The topological polar surface area (TPSA) is 166 Å². The molecule has 230 valence electrons. The highest BCUT2D eigenvalue weighted by molar-refractivity contribution is 6.04. The number of para-hydroxylation sites is 1. The number of amides is 3. The maximum absolute atomic E-state index is 13.4. The van der Waals surface area contributed by atoms with E-state index >= 15 is 0 Å². The van der Waals surface area contributed by atoms with Gasteiger partial charge in [0.2, 0.25) is 11.8 Å². The first-order chi connectivity index (χ1) is 20.5. The van der Waals surface area contributed by atoms with Crippen molar-refractivity contribution in [3.8, 4) is 0 Å². The molecule has 2 fully saturated rings. The van der Waals surface area contributed by atoms with Gasteiger partial charge in [-0.25, -0.2) is 0 Å². The van der Waals surface area contributed by atoms with Crippen LogP contribution < -0.4 is 21.1 Å². The van der Waals surface area contributed by atoms with Gasteiger partial charge in [0, 0.05) is 11.8 Å². The van der Waals surface area contributed by atoms with Crippen molar-refractivity contribution in [2.75, 3.05) is 26.2 Å². The summed E-state index contributed by atoms with van der Waals surface area (Å²) in [5.74, 6) is -3.92. The Morgan fingerprint density at radius 2 is 1.60 bits per heavy atom. The molecule has 0 unspecified atom stereocenters. The summed E-state index contributed by atoms with van der Waals surface area (Å²) in [5, 5.41) is 19.8. The van der Waals surface area contributed by atoms with Gasteiger partial charge in [-0.1, -0.05) is 55.0 Å². The summed E-state index contributed by atoms with van der Waals surface area (Å²) in [5.41, 5.74) is 7.64. The number of fused-ring (bicyclic) bond motifs is 1. The van der Waals surface area contributed by atoms with E-state index in [1.807, 2.05) is 47.4 Å². The minimum Gasteiger partial charge on any atom is -0.542 e. The van der Waals surface area contributed by atoms with Gasteiger partial charge in [-0.2, -0.15) is 18.3 Å². The second kappa shape index (κ2) is 13.7. The number of H-pyrrole nitrogens is 1. The lowest BCUT2D eigenvalue weighted by molar-refractivity contribution is -0.933. The Morgan fingerprint density at radius 3 is 2.23 bits per heavy atom. The van der Waals surface area contributed by atoms with Crippen LogP contribution in [-0.2, 0) is 14.4 Å². The summed E-state index contributed by atoms with van der Waals surface area (Å²) in [4.78, 5) is 50.7. The first kappa shape index (κ1) is 31.5. The molecule has 2 aliphatic rings. The van der Waals surface area contributed by atoms with Gasteiger partial charge in [0.1, 0.15) is 12.0 Å². The Kier molecular flexibility index (Phi) is 10.0. The zero-order valence-electron chi connectivity index (χ0n) is 23.2. The summed E-state index contributed by atoms with van der Waals surface area (Å²) in [6.07, 6.45) is -1.37. The normalized spacial score (nSPS) is 20.0. The molecule has 5 rings (SSSR count). The highest BCUT2D eigenvalue weighted by atomic mass is 19.4. The number of alkyl halides is 3. The fraction of sp³-hybridized carbons (Fsp3) is 0.414. The molecule has 0 bridgehead atoms. The van der Waals surface area contributed by atoms with Gasteiger partial charge in [0.25, 0.3) is 5.91 Å². The highest BCUT2D eigenvalue weighted by Crippen LogP contribution is 2.25. The highest BCUT2D eigenvalue weighted by Gasteiger charge is 2.41. The van der Waals surface area contributed by atoms with Crippen molar-refractivity contribution >= 4 is 34.6 Å². The van der Waals surface area contributed by atoms with Gasteiger partial charge in [-0.15, -0.1) is 0 Å². The van der Waals surface area contributed by atoms with Gasteiger partial charge < -0.3 is 30.8 Å². The quantitative estimate of drug-likeness (QED) is 0.313. The molecule has 5 N–H and O–H groups in total. The van der Waals surface area contributed by atoms with Crippen molar-refractivity contribution < 1.29 is 42.4 Å². The molecule has 3 amide bonds. The first-order valence-electron chi connectivity index (χ1n) is 14.0. The van der Waals surface area contributed by atoms with Crippen LogP contribution in [-0.4, -0.2) is 77.2 Å². The molecule has 0 spiro atoms. The zero-order chi connectivity index (χ0) is 31.1. The van der Waals surface area contributed by atoms with Crippen LogP contribution in [0, 0.1) is 5.92 Å². The predicted molar refractivity (Wildman–Crippen MR) is 146 cm³/mol. The minimum absolute atomic E-state index is 0.0587. The van der Waals surface area contributed by atoms with Crippen LogP contribution in [0.1, 0.15) is 47.8 Å². The number of nitrogens with two attached hydrogens (primary N) is 1. The first-order valence-corrected chi connectivity index (χ1v) is 14.0. The summed E-state index contributed by atoms with van der Waals surface area (Å²) < 4.78 is 31.5. The van der Waals surface area contributed by atoms with E-state index in [0.29, 0.717) is 24.3 Å². The summed E-state index contributed by atoms with van der Waals surface area (Å²) in [6.45, 7) is 2.79. The number of hydrogen-bond donors (Lipinski definition) is 4. The predicted octanol–water partition coefficient (Wildman–Crippen LogP) is 0.104. The number of carboxylic acid groups (broad SMARTS) is 1. The molecule has 14 heteroatoms. The SMILES string of the molecule is NC(=O)[C@@H](NC(=O)[C@@H]1CCCC[C@H]1[NH+]1CCN(C(=O)c2n[nH]c3ccccc23)CC1)c1ccccc1.O=C([O-])C(F)(F)F. The summed E-state index contributed by atoms with van der Waals surface area (Å²) in [7, 11) is 0. The Bertz CT molecular complexity index is 1440. The number of aliphatic carboxylic acids is 1. The molecular formula is C29H33F3N6O5. The number of primary amides is 1. The number of halogens is 3. The van der Waals surface area contributed by atoms with Gasteiger partial charge >= 0.3 is 6.18 Å². The van der Waals surface area contributed by atoms with Crippen molar-refractivity contribution in [1.29, 1.82) is 0 Å². The molecule has 43 heavy (non-hydrogen) atoms. The second-order valence-electron chi connectivity index (χ2n) is 10.6. The van der Waals surface area contributed by atoms with Crippen LogP contribution in [0.5, 0.6) is 0 Å². The molecule has 1 saturated heterocycles. The number of carboxylic acids is 1. The largest absolute Gasteiger partial charge is 0.542 e. The number of benzene rings is 2. The van der Waals surface area contributed by atoms with E-state index in [-0.39, 0.29) is 23.8 Å². The molecule has 1 saturated carbocycles. The fourth-order valence-electron chi connectivity index (χ4n) is 5.79. The molecule has 2 heterocycles. The molecule has 1 aromatic heterocycles. The number of aromatic nitrogens is 2. The zero-order valence-corrected chi connectivity index (χ0v) is 23.2. The number of carbonyl (C=O) groups excluding carboxylic acids is 4. The molecule has 3 atom stereocenters. The Hall–Kier alpha value is -4.46. The fourth-order valence-corrected chi connectivity index (χ4v) is 5.79. The smallest absolute Gasteiger partial charge is 0.430 e. The lowest BCUT2D eigenvalue weighted by Gasteiger charge is -2.41. The number of carbonyl (C=O) groups is 4. The van der Waals surface area contributed by atoms with E-state index in [4.69, 9.17) is 15.6 Å². The number of quaternary nitrogens is 1. The number of aromatic amines is 1. The maximum Gasteiger partial charge on any atom is 0.430 e. The number of rotatable bonds is 6. The van der Waals surface area contributed by atoms with E-state index in [0.717, 1.165) is 49.7 Å². The van der Waals surface area contributed by atoms with E-state index in [1.165, 1.54) is 4.90 Å². The monoisotopic (exact) mass is 602 g/mol. The van der Waals surface area contributed by atoms with Crippen molar-refractivity contribution in [3.63, 3.8) is 0 Å². The second-order valence-corrected chi connectivity index (χ2v) is 10.6. The number of nitrogens with one attached hydrogen (secondary N) is 3. The Labute approximate surface area is 245 Å². The molecule has 1 aliphatic carbocycles.